The Bertz CT molecular complexity index is 1280. The minimum absolute atomic E-state index is 0.163. The number of hydrogen-bond donors (Lipinski definition) is 0. The van der Waals surface area contributed by atoms with Crippen LogP contribution in [0.5, 0.6) is 5.75 Å². The molecular weight excluding hydrogens is 430 g/mol. The van der Waals surface area contributed by atoms with Gasteiger partial charge in [-0.25, -0.2) is 4.79 Å². The van der Waals surface area contributed by atoms with Crippen LogP contribution in [0, 0.1) is 0 Å². The van der Waals surface area contributed by atoms with Crippen molar-refractivity contribution in [2.75, 3.05) is 13.7 Å². The van der Waals surface area contributed by atoms with Crippen molar-refractivity contribution in [1.82, 2.24) is 4.90 Å². The summed E-state index contributed by atoms with van der Waals surface area (Å²) in [6.07, 6.45) is 1.51. The van der Waals surface area contributed by atoms with E-state index in [0.717, 1.165) is 27.4 Å². The normalized spacial score (nSPS) is 14.8. The summed E-state index contributed by atoms with van der Waals surface area (Å²) in [6, 6.07) is 19.5. The van der Waals surface area contributed by atoms with Gasteiger partial charge in [0.2, 0.25) is 0 Å². The number of nitrogens with zero attached hydrogens (tertiary/aromatic N) is 1. The van der Waals surface area contributed by atoms with Gasteiger partial charge in [-0.05, 0) is 52.4 Å². The number of esters is 2. The molecule has 1 aliphatic rings. The first kappa shape index (κ1) is 21.3. The third-order valence-electron chi connectivity index (χ3n) is 4.76. The summed E-state index contributed by atoms with van der Waals surface area (Å²) in [4.78, 5) is 49.7. The molecule has 1 fully saturated rings. The van der Waals surface area contributed by atoms with Gasteiger partial charge in [0, 0.05) is 0 Å². The van der Waals surface area contributed by atoms with E-state index in [0.29, 0.717) is 16.9 Å². The summed E-state index contributed by atoms with van der Waals surface area (Å²) in [7, 11) is 1.18. The van der Waals surface area contributed by atoms with Crippen LogP contribution in [0.1, 0.15) is 15.9 Å². The second-order valence-electron chi connectivity index (χ2n) is 6.83. The molecule has 7 nitrogen and oxygen atoms in total. The van der Waals surface area contributed by atoms with E-state index in [1.54, 1.807) is 36.4 Å². The Morgan fingerprint density at radius 1 is 1.00 bits per heavy atom. The summed E-state index contributed by atoms with van der Waals surface area (Å²) in [6.45, 7) is -0.443. The Balaban J connectivity index is 1.54. The number of thioether (sulfide) groups is 1. The van der Waals surface area contributed by atoms with Crippen molar-refractivity contribution in [2.24, 2.45) is 0 Å². The Morgan fingerprint density at radius 2 is 1.75 bits per heavy atom. The summed E-state index contributed by atoms with van der Waals surface area (Å²) in [5.41, 5.74) is 1.01. The first-order valence-corrected chi connectivity index (χ1v) is 10.4. The van der Waals surface area contributed by atoms with E-state index in [1.165, 1.54) is 13.2 Å². The van der Waals surface area contributed by atoms with Crippen molar-refractivity contribution in [3.8, 4) is 5.75 Å². The Hall–Kier alpha value is -3.91. The molecule has 2 amide bonds. The maximum Gasteiger partial charge on any atom is 0.344 e. The number of imide groups is 1. The number of carbonyl (C=O) groups is 4. The zero-order valence-corrected chi connectivity index (χ0v) is 17.8. The fraction of sp³-hybridized carbons (Fsp3) is 0.0833. The molecule has 8 heteroatoms. The van der Waals surface area contributed by atoms with Gasteiger partial charge in [-0.3, -0.25) is 19.3 Å². The quantitative estimate of drug-likeness (QED) is 0.328. The molecule has 0 atom stereocenters. The molecule has 1 aliphatic heterocycles. The molecular formula is C24H17NO6S. The summed E-state index contributed by atoms with van der Waals surface area (Å²) < 4.78 is 10.1. The molecule has 0 aromatic heterocycles. The van der Waals surface area contributed by atoms with Crippen LogP contribution in [0.25, 0.3) is 16.8 Å². The van der Waals surface area contributed by atoms with Crippen LogP contribution >= 0.6 is 11.8 Å². The van der Waals surface area contributed by atoms with Crippen LogP contribution < -0.4 is 4.74 Å². The Morgan fingerprint density at radius 3 is 2.56 bits per heavy atom. The lowest BCUT2D eigenvalue weighted by molar-refractivity contribution is -0.143. The predicted octanol–water partition coefficient (Wildman–Crippen LogP) is 4.27. The molecule has 4 rings (SSSR count). The van der Waals surface area contributed by atoms with Gasteiger partial charge >= 0.3 is 11.9 Å². The average Bonchev–Trinajstić information content (AvgIpc) is 3.06. The van der Waals surface area contributed by atoms with Crippen molar-refractivity contribution < 1.29 is 28.7 Å². The molecule has 32 heavy (non-hydrogen) atoms. The van der Waals surface area contributed by atoms with Gasteiger partial charge in [-0.1, -0.05) is 48.5 Å². The minimum Gasteiger partial charge on any atom is -0.468 e. The number of fused-ring (bicyclic) bond motifs is 1. The first-order valence-electron chi connectivity index (χ1n) is 9.58. The van der Waals surface area contributed by atoms with Gasteiger partial charge in [0.25, 0.3) is 11.1 Å². The lowest BCUT2D eigenvalue weighted by Crippen LogP contribution is -2.34. The molecule has 0 N–H and O–H groups in total. The number of hydrogen-bond acceptors (Lipinski definition) is 7. The average molecular weight is 447 g/mol. The molecule has 0 radical (unpaired) electrons. The molecule has 0 spiro atoms. The first-order chi connectivity index (χ1) is 15.5. The van der Waals surface area contributed by atoms with Crippen LogP contribution in [0.15, 0.2) is 71.6 Å². The number of amides is 2. The molecule has 3 aromatic carbocycles. The smallest absolute Gasteiger partial charge is 0.344 e. The number of methoxy groups -OCH3 is 1. The highest BCUT2D eigenvalue weighted by Gasteiger charge is 2.36. The van der Waals surface area contributed by atoms with Gasteiger partial charge in [0.15, 0.2) is 0 Å². The highest BCUT2D eigenvalue weighted by molar-refractivity contribution is 8.18. The number of benzene rings is 3. The highest BCUT2D eigenvalue weighted by atomic mass is 32.2. The van der Waals surface area contributed by atoms with Gasteiger partial charge in [-0.2, -0.15) is 0 Å². The predicted molar refractivity (Wildman–Crippen MR) is 120 cm³/mol. The van der Waals surface area contributed by atoms with Crippen LogP contribution in [0.2, 0.25) is 0 Å². The lowest BCUT2D eigenvalue weighted by atomic mass is 10.0. The lowest BCUT2D eigenvalue weighted by Gasteiger charge is -2.09. The second kappa shape index (κ2) is 9.07. The molecule has 0 unspecified atom stereocenters. The summed E-state index contributed by atoms with van der Waals surface area (Å²) in [5.74, 6) is -1.47. The van der Waals surface area contributed by atoms with Gasteiger partial charge < -0.3 is 9.47 Å². The van der Waals surface area contributed by atoms with E-state index in [4.69, 9.17) is 4.74 Å². The number of rotatable bonds is 5. The monoisotopic (exact) mass is 447 g/mol. The van der Waals surface area contributed by atoms with Gasteiger partial charge in [0.05, 0.1) is 17.6 Å². The van der Waals surface area contributed by atoms with E-state index in [1.807, 2.05) is 30.3 Å². The van der Waals surface area contributed by atoms with E-state index < -0.39 is 29.6 Å². The van der Waals surface area contributed by atoms with Crippen molar-refractivity contribution in [3.05, 3.63) is 82.8 Å². The van der Waals surface area contributed by atoms with Crippen molar-refractivity contribution >= 4 is 51.7 Å². The molecule has 160 valence electrons. The molecule has 0 aliphatic carbocycles. The fourth-order valence-electron chi connectivity index (χ4n) is 3.21. The maximum absolute atomic E-state index is 12.8. The third kappa shape index (κ3) is 4.40. The zero-order valence-electron chi connectivity index (χ0n) is 16.9. The highest BCUT2D eigenvalue weighted by Crippen LogP contribution is 2.32. The summed E-state index contributed by atoms with van der Waals surface area (Å²) >= 11 is 0.730. The maximum atomic E-state index is 12.8. The SMILES string of the molecule is COC(=O)CN1C(=O)S/C(=C\c2cccc(OC(=O)c3cccc4ccccc34)c2)C1=O. The topological polar surface area (TPSA) is 90.0 Å². The van der Waals surface area contributed by atoms with Crippen LogP contribution in [0.4, 0.5) is 4.79 Å². The van der Waals surface area contributed by atoms with E-state index >= 15 is 0 Å². The standard InChI is InChI=1S/C24H17NO6S/c1-30-21(26)14-25-22(27)20(32-24(25)29)13-15-6-4-9-17(12-15)31-23(28)19-11-5-8-16-7-2-3-10-18(16)19/h2-13H,14H2,1H3/b20-13-. The van der Waals surface area contributed by atoms with Gasteiger partial charge in [-0.15, -0.1) is 0 Å². The molecule has 1 heterocycles. The largest absolute Gasteiger partial charge is 0.468 e. The molecule has 1 saturated heterocycles. The second-order valence-corrected chi connectivity index (χ2v) is 7.83. The third-order valence-corrected chi connectivity index (χ3v) is 5.67. The number of ether oxygens (including phenoxy) is 2. The van der Waals surface area contributed by atoms with Crippen LogP contribution in [-0.4, -0.2) is 41.6 Å². The fourth-order valence-corrected chi connectivity index (χ4v) is 4.05. The van der Waals surface area contributed by atoms with E-state index in [-0.39, 0.29) is 4.91 Å². The van der Waals surface area contributed by atoms with Crippen molar-refractivity contribution in [2.45, 2.75) is 0 Å². The van der Waals surface area contributed by atoms with Crippen LogP contribution in [-0.2, 0) is 14.3 Å². The zero-order chi connectivity index (χ0) is 22.7. The van der Waals surface area contributed by atoms with E-state index in [2.05, 4.69) is 4.74 Å². The Kier molecular flexibility index (Phi) is 6.04. The molecule has 0 saturated carbocycles. The molecule has 3 aromatic rings. The molecule has 0 bridgehead atoms. The number of carbonyl (C=O) groups excluding carboxylic acids is 4. The van der Waals surface area contributed by atoms with Gasteiger partial charge in [0.1, 0.15) is 12.3 Å². The van der Waals surface area contributed by atoms with Crippen LogP contribution in [0.3, 0.4) is 0 Å². The van der Waals surface area contributed by atoms with E-state index in [9.17, 15) is 19.2 Å². The minimum atomic E-state index is -0.684. The van der Waals surface area contributed by atoms with Crippen molar-refractivity contribution in [1.29, 1.82) is 0 Å². The summed E-state index contributed by atoms with van der Waals surface area (Å²) in [5, 5.41) is 1.17. The van der Waals surface area contributed by atoms with Crippen molar-refractivity contribution in [3.63, 3.8) is 0 Å². The Labute approximate surface area is 187 Å².